The fourth-order valence-electron chi connectivity index (χ4n) is 0.819. The van der Waals surface area contributed by atoms with Crippen molar-refractivity contribution < 1.29 is 11.0 Å². The monoisotopic (exact) mass is 196 g/mol. The van der Waals surface area contributed by atoms with Crippen molar-refractivity contribution in [3.8, 4) is 0 Å². The maximum atomic E-state index is 5.55. The Hall–Kier alpha value is -0.445. The zero-order valence-corrected chi connectivity index (χ0v) is 8.58. The maximum absolute atomic E-state index is 5.55. The second-order valence-electron chi connectivity index (χ2n) is 2.74. The minimum absolute atomic E-state index is 0. The quantitative estimate of drug-likeness (QED) is 0.533. The molecule has 0 radical (unpaired) electrons. The minimum Gasteiger partial charge on any atom is -0.870 e. The summed E-state index contributed by atoms with van der Waals surface area (Å²) in [7, 11) is 5.55. The first kappa shape index (κ1) is 15.0. The molecule has 0 bridgehead atoms. The second-order valence-corrected chi connectivity index (χ2v) is 4.39. The molecular weight excluding hydrogens is 183 g/mol. The number of hydrogen-bond acceptors (Lipinski definition) is 3. The Morgan fingerprint density at radius 2 is 1.54 bits per heavy atom. The van der Waals surface area contributed by atoms with Crippen molar-refractivity contribution in [3.05, 3.63) is 24.3 Å². The van der Waals surface area contributed by atoms with E-state index in [0.29, 0.717) is 5.25 Å². The van der Waals surface area contributed by atoms with Crippen molar-refractivity contribution in [2.75, 3.05) is 0 Å². The molecule has 0 aliphatic carbocycles. The van der Waals surface area contributed by atoms with E-state index in [9.17, 15) is 0 Å². The summed E-state index contributed by atoms with van der Waals surface area (Å²) < 4.78 is 0. The van der Waals surface area contributed by atoms with E-state index in [0.717, 1.165) is 5.46 Å². The molecule has 1 rings (SSSR count). The Balaban J connectivity index is 0. The standard InChI is InChI=1S/C9H11BS.2H2O/c1-7(2)11-9-5-3-8(10)4-6-9;;/h3-7H,1-2H3;2*1H2/q+2;;/p-2. The molecule has 2 N–H and O–H groups in total. The van der Waals surface area contributed by atoms with Gasteiger partial charge in [0.05, 0.1) is 0 Å². The van der Waals surface area contributed by atoms with Gasteiger partial charge in [0, 0.05) is 0 Å². The van der Waals surface area contributed by atoms with E-state index in [1.165, 1.54) is 4.90 Å². The predicted octanol–water partition coefficient (Wildman–Crippen LogP) is 1.63. The van der Waals surface area contributed by atoms with Gasteiger partial charge in [0.1, 0.15) is 0 Å². The van der Waals surface area contributed by atoms with Gasteiger partial charge >= 0.3 is 73.3 Å². The van der Waals surface area contributed by atoms with Gasteiger partial charge in [0.25, 0.3) is 0 Å². The first-order chi connectivity index (χ1) is 5.18. The molecule has 1 aromatic rings. The van der Waals surface area contributed by atoms with E-state index in [4.69, 9.17) is 7.85 Å². The van der Waals surface area contributed by atoms with E-state index >= 15 is 0 Å². The van der Waals surface area contributed by atoms with E-state index in [1.807, 2.05) is 23.9 Å². The van der Waals surface area contributed by atoms with Crippen LogP contribution in [0.5, 0.6) is 0 Å². The smallest absolute Gasteiger partial charge is 0.870 e. The molecule has 0 unspecified atom stereocenters. The van der Waals surface area contributed by atoms with Gasteiger partial charge in [-0.15, -0.1) is 0 Å². The average Bonchev–Trinajstić information content (AvgIpc) is 1.93. The fraction of sp³-hybridized carbons (Fsp3) is 0.333. The van der Waals surface area contributed by atoms with Crippen molar-refractivity contribution in [2.24, 2.45) is 0 Å². The van der Waals surface area contributed by atoms with Crippen LogP contribution in [0.25, 0.3) is 0 Å². The van der Waals surface area contributed by atoms with Crippen LogP contribution in [-0.4, -0.2) is 24.0 Å². The SMILES string of the molecule is [B+2]c1ccc(SC(C)C)cc1.[OH-].[OH-]. The molecule has 0 amide bonds. The first-order valence-corrected chi connectivity index (χ1v) is 4.58. The molecule has 0 saturated carbocycles. The fourth-order valence-corrected chi connectivity index (χ4v) is 1.66. The topological polar surface area (TPSA) is 60.0 Å². The van der Waals surface area contributed by atoms with Gasteiger partial charge in [-0.3, -0.25) is 0 Å². The summed E-state index contributed by atoms with van der Waals surface area (Å²) >= 11 is 1.85. The van der Waals surface area contributed by atoms with Crippen LogP contribution in [0.1, 0.15) is 13.8 Å². The van der Waals surface area contributed by atoms with Crippen molar-refractivity contribution in [1.29, 1.82) is 0 Å². The largest absolute Gasteiger partial charge is 0.870 e. The molecule has 1 aromatic carbocycles. The summed E-state index contributed by atoms with van der Waals surface area (Å²) in [5.74, 6) is 0. The molecule has 70 valence electrons. The predicted molar refractivity (Wildman–Crippen MR) is 56.7 cm³/mol. The number of hydrogen-bond donors (Lipinski definition) is 0. The molecule has 0 spiro atoms. The van der Waals surface area contributed by atoms with Crippen LogP contribution in [0.4, 0.5) is 0 Å². The summed E-state index contributed by atoms with van der Waals surface area (Å²) in [5.41, 5.74) is 0.832. The summed E-state index contributed by atoms with van der Waals surface area (Å²) in [4.78, 5) is 1.29. The third kappa shape index (κ3) is 5.74. The molecule has 0 atom stereocenters. The Morgan fingerprint density at radius 3 is 1.92 bits per heavy atom. The molecule has 0 aliphatic rings. The molecular formula is C9H13BO2S. The van der Waals surface area contributed by atoms with E-state index in [1.54, 1.807) is 0 Å². The Morgan fingerprint density at radius 1 is 1.08 bits per heavy atom. The van der Waals surface area contributed by atoms with Crippen LogP contribution in [0.2, 0.25) is 0 Å². The van der Waals surface area contributed by atoms with Crippen LogP contribution < -0.4 is 5.46 Å². The Kier molecular flexibility index (Phi) is 8.11. The average molecular weight is 196 g/mol. The van der Waals surface area contributed by atoms with Crippen LogP contribution >= 0.6 is 11.8 Å². The van der Waals surface area contributed by atoms with Gasteiger partial charge in [-0.05, 0) is 0 Å². The molecule has 0 heterocycles. The Bertz CT molecular complexity index is 224. The van der Waals surface area contributed by atoms with Crippen LogP contribution in [0.3, 0.4) is 0 Å². The maximum Gasteiger partial charge on any atom is -0.870 e. The molecule has 13 heavy (non-hydrogen) atoms. The third-order valence-electron chi connectivity index (χ3n) is 1.25. The van der Waals surface area contributed by atoms with Crippen molar-refractivity contribution in [3.63, 3.8) is 0 Å². The zero-order valence-electron chi connectivity index (χ0n) is 7.77. The van der Waals surface area contributed by atoms with Gasteiger partial charge in [0.15, 0.2) is 0 Å². The number of benzene rings is 1. The second kappa shape index (κ2) is 7.01. The van der Waals surface area contributed by atoms with Gasteiger partial charge < -0.3 is 11.0 Å². The van der Waals surface area contributed by atoms with Gasteiger partial charge in [-0.25, -0.2) is 0 Å². The number of thioether (sulfide) groups is 1. The van der Waals surface area contributed by atoms with Crippen molar-refractivity contribution in [2.45, 2.75) is 24.0 Å². The van der Waals surface area contributed by atoms with Crippen LogP contribution in [-0.2, 0) is 0 Å². The van der Waals surface area contributed by atoms with E-state index < -0.39 is 0 Å². The normalized spacial score (nSPS) is 9.00. The molecule has 4 heteroatoms. The number of rotatable bonds is 2. The minimum atomic E-state index is 0. The summed E-state index contributed by atoms with van der Waals surface area (Å²) in [6.07, 6.45) is 0. The van der Waals surface area contributed by atoms with E-state index in [-0.39, 0.29) is 11.0 Å². The first-order valence-electron chi connectivity index (χ1n) is 3.70. The summed E-state index contributed by atoms with van der Waals surface area (Å²) in [5, 5.41) is 0.638. The molecule has 0 fully saturated rings. The summed E-state index contributed by atoms with van der Waals surface area (Å²) in [6.45, 7) is 4.36. The van der Waals surface area contributed by atoms with Crippen molar-refractivity contribution in [1.82, 2.24) is 0 Å². The van der Waals surface area contributed by atoms with Crippen molar-refractivity contribution >= 4 is 25.1 Å². The van der Waals surface area contributed by atoms with Crippen LogP contribution in [0.15, 0.2) is 29.2 Å². The van der Waals surface area contributed by atoms with E-state index in [2.05, 4.69) is 26.0 Å². The van der Waals surface area contributed by atoms with Gasteiger partial charge in [0.2, 0.25) is 0 Å². The zero-order chi connectivity index (χ0) is 8.27. The molecule has 0 aliphatic heterocycles. The molecule has 0 saturated heterocycles. The van der Waals surface area contributed by atoms with Gasteiger partial charge in [-0.1, -0.05) is 0 Å². The van der Waals surface area contributed by atoms with Gasteiger partial charge in [-0.2, -0.15) is 0 Å². The van der Waals surface area contributed by atoms with Crippen LogP contribution in [0, 0.1) is 0 Å². The molecule has 0 aromatic heterocycles. The third-order valence-corrected chi connectivity index (χ3v) is 2.27. The molecule has 2 nitrogen and oxygen atoms in total. The Labute approximate surface area is 84.8 Å². The summed E-state index contributed by atoms with van der Waals surface area (Å²) in [6, 6.07) is 7.98.